The Morgan fingerprint density at radius 2 is 1.25 bits per heavy atom. The van der Waals surface area contributed by atoms with E-state index in [1.165, 1.54) is 45.9 Å². The number of rotatable bonds is 1. The molecule has 2 aromatic rings. The Balaban J connectivity index is 1.90. The minimum Gasteiger partial charge on any atom is -0.427 e. The summed E-state index contributed by atoms with van der Waals surface area (Å²) in [6.07, 6.45) is 4.19. The van der Waals surface area contributed by atoms with Gasteiger partial charge in [-0.15, -0.1) is 0 Å². The number of carbonyl (C=O) groups is 1. The Kier molecular flexibility index (Phi) is 3.35. The Labute approximate surface area is 143 Å². The molecule has 0 atom stereocenters. The molecule has 0 heterocycles. The van der Waals surface area contributed by atoms with Crippen molar-refractivity contribution < 1.29 is 9.53 Å². The molecule has 2 aliphatic carbocycles. The topological polar surface area (TPSA) is 26.3 Å². The average molecular weight is 320 g/mol. The van der Waals surface area contributed by atoms with E-state index >= 15 is 0 Å². The first-order valence-electron chi connectivity index (χ1n) is 8.84. The average Bonchev–Trinajstić information content (AvgIpc) is 2.50. The van der Waals surface area contributed by atoms with Crippen molar-refractivity contribution in [2.24, 2.45) is 0 Å². The number of esters is 1. The summed E-state index contributed by atoms with van der Waals surface area (Å²) in [5.41, 5.74) is 10.2. The lowest BCUT2D eigenvalue weighted by molar-refractivity contribution is -0.131. The van der Waals surface area contributed by atoms with Crippen molar-refractivity contribution in [3.05, 3.63) is 52.1 Å². The van der Waals surface area contributed by atoms with Gasteiger partial charge in [-0.05, 0) is 82.2 Å². The predicted octanol–water partition coefficient (Wildman–Crippen LogP) is 4.77. The molecule has 4 rings (SSSR count). The van der Waals surface area contributed by atoms with Crippen LogP contribution in [-0.4, -0.2) is 5.97 Å². The normalized spacial score (nSPS) is 15.0. The number of hydrogen-bond donors (Lipinski definition) is 0. The summed E-state index contributed by atoms with van der Waals surface area (Å²) in [5.74, 6) is 0.458. The molecule has 2 aliphatic rings. The summed E-state index contributed by atoms with van der Waals surface area (Å²) >= 11 is 0. The second-order valence-electron chi connectivity index (χ2n) is 8.13. The quantitative estimate of drug-likeness (QED) is 0.558. The molecule has 0 radical (unpaired) electrons. The van der Waals surface area contributed by atoms with Gasteiger partial charge in [-0.1, -0.05) is 32.9 Å². The standard InChI is InChI=1S/C22H24O2/c1-13(23)24-19-11-16-7-5-14-9-18(22(2,3)4)10-15-6-8-17(12-19)21(16)20(14)15/h9-12H,5-8H2,1-4H3. The molecule has 124 valence electrons. The summed E-state index contributed by atoms with van der Waals surface area (Å²) < 4.78 is 5.36. The molecular formula is C22H24O2. The van der Waals surface area contributed by atoms with E-state index in [-0.39, 0.29) is 11.4 Å². The van der Waals surface area contributed by atoms with Crippen molar-refractivity contribution in [1.82, 2.24) is 0 Å². The first kappa shape index (κ1) is 15.4. The molecule has 2 heteroatoms. The van der Waals surface area contributed by atoms with E-state index in [1.54, 1.807) is 0 Å². The second-order valence-corrected chi connectivity index (χ2v) is 8.13. The van der Waals surface area contributed by atoms with E-state index in [0.29, 0.717) is 5.75 Å². The van der Waals surface area contributed by atoms with Crippen molar-refractivity contribution >= 4 is 5.97 Å². The summed E-state index contributed by atoms with van der Waals surface area (Å²) in [7, 11) is 0. The van der Waals surface area contributed by atoms with Crippen LogP contribution in [-0.2, 0) is 35.9 Å². The van der Waals surface area contributed by atoms with Gasteiger partial charge < -0.3 is 4.74 Å². The van der Waals surface area contributed by atoms with Crippen LogP contribution in [0.2, 0.25) is 0 Å². The van der Waals surface area contributed by atoms with Gasteiger partial charge in [-0.3, -0.25) is 4.79 Å². The Bertz CT molecular complexity index is 803. The molecule has 2 nitrogen and oxygen atoms in total. The maximum absolute atomic E-state index is 11.3. The van der Waals surface area contributed by atoms with Crippen LogP contribution in [0.25, 0.3) is 11.1 Å². The number of hydrogen-bond acceptors (Lipinski definition) is 2. The van der Waals surface area contributed by atoms with Gasteiger partial charge >= 0.3 is 5.97 Å². The molecule has 0 spiro atoms. The van der Waals surface area contributed by atoms with Crippen LogP contribution in [0.3, 0.4) is 0 Å². The first-order valence-corrected chi connectivity index (χ1v) is 8.84. The van der Waals surface area contributed by atoms with Gasteiger partial charge in [0.2, 0.25) is 0 Å². The number of aryl methyl sites for hydroxylation is 4. The summed E-state index contributed by atoms with van der Waals surface area (Å²) in [6.45, 7) is 8.33. The second kappa shape index (κ2) is 5.20. The van der Waals surface area contributed by atoms with Gasteiger partial charge in [0.1, 0.15) is 5.75 Å². The summed E-state index contributed by atoms with van der Waals surface area (Å²) in [6, 6.07) is 8.96. The highest BCUT2D eigenvalue weighted by Gasteiger charge is 2.28. The van der Waals surface area contributed by atoms with Crippen LogP contribution in [0.4, 0.5) is 0 Å². The molecule has 0 N–H and O–H groups in total. The van der Waals surface area contributed by atoms with Gasteiger partial charge in [-0.25, -0.2) is 0 Å². The zero-order valence-electron chi connectivity index (χ0n) is 15.0. The predicted molar refractivity (Wildman–Crippen MR) is 96.7 cm³/mol. The fourth-order valence-electron chi connectivity index (χ4n) is 4.13. The highest BCUT2D eigenvalue weighted by molar-refractivity contribution is 5.82. The lowest BCUT2D eigenvalue weighted by Crippen LogP contribution is -2.18. The van der Waals surface area contributed by atoms with Crippen molar-refractivity contribution in [3.8, 4) is 16.9 Å². The van der Waals surface area contributed by atoms with Crippen molar-refractivity contribution in [2.75, 3.05) is 0 Å². The molecule has 2 aromatic carbocycles. The maximum Gasteiger partial charge on any atom is 0.308 e. The molecule has 0 saturated carbocycles. The SMILES string of the molecule is CC(=O)Oc1cc2c3c(c1)CCc1cc(C(C)(C)C)cc(c1-3)CC2. The molecule has 0 unspecified atom stereocenters. The van der Waals surface area contributed by atoms with E-state index in [9.17, 15) is 4.79 Å². The van der Waals surface area contributed by atoms with Crippen LogP contribution in [0.1, 0.15) is 55.5 Å². The van der Waals surface area contributed by atoms with Crippen LogP contribution >= 0.6 is 0 Å². The summed E-state index contributed by atoms with van der Waals surface area (Å²) in [5, 5.41) is 0. The zero-order chi connectivity index (χ0) is 17.1. The Hall–Kier alpha value is -2.09. The van der Waals surface area contributed by atoms with Crippen LogP contribution < -0.4 is 4.74 Å². The van der Waals surface area contributed by atoms with Crippen molar-refractivity contribution in [3.63, 3.8) is 0 Å². The number of carbonyl (C=O) groups excluding carboxylic acids is 1. The molecule has 0 fully saturated rings. The molecule has 0 amide bonds. The van der Waals surface area contributed by atoms with Gasteiger partial charge in [-0.2, -0.15) is 0 Å². The Morgan fingerprint density at radius 1 is 0.833 bits per heavy atom. The smallest absolute Gasteiger partial charge is 0.308 e. The lowest BCUT2D eigenvalue weighted by Gasteiger charge is -2.32. The van der Waals surface area contributed by atoms with E-state index < -0.39 is 0 Å². The third-order valence-electron chi connectivity index (χ3n) is 5.28. The van der Waals surface area contributed by atoms with Crippen LogP contribution in [0.5, 0.6) is 5.75 Å². The first-order chi connectivity index (χ1) is 11.3. The van der Waals surface area contributed by atoms with E-state index in [0.717, 1.165) is 25.7 Å². The molecule has 0 aromatic heterocycles. The van der Waals surface area contributed by atoms with Gasteiger partial charge in [0, 0.05) is 6.92 Å². The molecule has 0 bridgehead atoms. The van der Waals surface area contributed by atoms with Crippen molar-refractivity contribution in [2.45, 2.75) is 58.8 Å². The van der Waals surface area contributed by atoms with Gasteiger partial charge in [0.15, 0.2) is 0 Å². The minimum absolute atomic E-state index is 0.186. The third kappa shape index (κ3) is 2.45. The fourth-order valence-corrected chi connectivity index (χ4v) is 4.13. The lowest BCUT2D eigenvalue weighted by atomic mass is 9.72. The summed E-state index contributed by atoms with van der Waals surface area (Å²) in [4.78, 5) is 11.3. The number of ether oxygens (including phenoxy) is 1. The minimum atomic E-state index is -0.246. The Morgan fingerprint density at radius 3 is 1.62 bits per heavy atom. The molecule has 24 heavy (non-hydrogen) atoms. The highest BCUT2D eigenvalue weighted by atomic mass is 16.5. The fraction of sp³-hybridized carbons (Fsp3) is 0.409. The van der Waals surface area contributed by atoms with Gasteiger partial charge in [0.05, 0.1) is 0 Å². The molecule has 0 aliphatic heterocycles. The van der Waals surface area contributed by atoms with E-state index in [2.05, 4.69) is 45.0 Å². The van der Waals surface area contributed by atoms with Crippen LogP contribution in [0.15, 0.2) is 24.3 Å². The third-order valence-corrected chi connectivity index (χ3v) is 5.28. The largest absolute Gasteiger partial charge is 0.427 e. The molecular weight excluding hydrogens is 296 g/mol. The maximum atomic E-state index is 11.3. The van der Waals surface area contributed by atoms with E-state index in [1.807, 2.05) is 0 Å². The number of benzene rings is 2. The molecule has 0 saturated heterocycles. The zero-order valence-corrected chi connectivity index (χ0v) is 15.0. The van der Waals surface area contributed by atoms with Crippen molar-refractivity contribution in [1.29, 1.82) is 0 Å². The highest BCUT2D eigenvalue weighted by Crippen LogP contribution is 2.45. The van der Waals surface area contributed by atoms with Gasteiger partial charge in [0.25, 0.3) is 0 Å². The monoisotopic (exact) mass is 320 g/mol. The van der Waals surface area contributed by atoms with E-state index in [4.69, 9.17) is 4.74 Å². The van der Waals surface area contributed by atoms with Crippen LogP contribution in [0, 0.1) is 0 Å².